The van der Waals surface area contributed by atoms with Crippen LogP contribution in [-0.2, 0) is 20.0 Å². The van der Waals surface area contributed by atoms with Gasteiger partial charge >= 0.3 is 6.03 Å². The first-order chi connectivity index (χ1) is 18.1. The van der Waals surface area contributed by atoms with Crippen molar-refractivity contribution < 1.29 is 35.8 Å². The summed E-state index contributed by atoms with van der Waals surface area (Å²) in [4.78, 5) is 13.0. The lowest BCUT2D eigenvalue weighted by Crippen LogP contribution is -2.45. The molecule has 0 aliphatic carbocycles. The molecule has 1 aliphatic rings. The number of benzene rings is 3. The number of sulfonamides is 2. The monoisotopic (exact) mass is 560 g/mol. The molecule has 0 aromatic heterocycles. The van der Waals surface area contributed by atoms with Gasteiger partial charge in [0.1, 0.15) is 23.4 Å². The van der Waals surface area contributed by atoms with Gasteiger partial charge in [0.25, 0.3) is 20.0 Å². The first kappa shape index (κ1) is 27.3. The first-order valence-electron chi connectivity index (χ1n) is 11.7. The average molecular weight is 561 g/mol. The van der Waals surface area contributed by atoms with Crippen LogP contribution in [0, 0.1) is 0 Å². The molecule has 3 aromatic carbocycles. The zero-order chi connectivity index (χ0) is 27.7. The number of carbonyl (C=O) groups excluding carboxylic acids is 1. The van der Waals surface area contributed by atoms with Gasteiger partial charge in [0, 0.05) is 16.8 Å². The van der Waals surface area contributed by atoms with E-state index in [1.165, 1.54) is 13.8 Å². The summed E-state index contributed by atoms with van der Waals surface area (Å²) in [7, 11) is -5.69. The fraction of sp³-hybridized carbons (Fsp3) is 0.269. The molecular formula is C26H28N2O8S2. The highest BCUT2D eigenvalue weighted by molar-refractivity contribution is 8.04. The number of rotatable bonds is 8. The van der Waals surface area contributed by atoms with Crippen molar-refractivity contribution in [2.24, 2.45) is 0 Å². The molecule has 2 amide bonds. The predicted octanol–water partition coefficient (Wildman–Crippen LogP) is 4.39. The molecule has 4 rings (SSSR count). The number of nitrogens with one attached hydrogen (secondary N) is 1. The van der Waals surface area contributed by atoms with Crippen LogP contribution >= 0.6 is 0 Å². The number of hydrogen-bond donors (Lipinski definition) is 1. The highest BCUT2D eigenvalue weighted by atomic mass is 32.3. The van der Waals surface area contributed by atoms with Gasteiger partial charge in [-0.25, -0.2) is 21.6 Å². The molecule has 38 heavy (non-hydrogen) atoms. The van der Waals surface area contributed by atoms with Crippen LogP contribution in [0.15, 0.2) is 60.7 Å². The maximum atomic E-state index is 13.0. The van der Waals surface area contributed by atoms with Crippen molar-refractivity contribution in [3.05, 3.63) is 71.8 Å². The molecule has 1 unspecified atom stereocenters. The summed E-state index contributed by atoms with van der Waals surface area (Å²) in [5.41, 5.74) is 3.09. The number of fused-ring (bicyclic) bond motifs is 3. The van der Waals surface area contributed by atoms with E-state index in [0.717, 1.165) is 11.1 Å². The number of hydrogen-bond acceptors (Lipinski definition) is 8. The van der Waals surface area contributed by atoms with Crippen molar-refractivity contribution in [1.29, 1.82) is 0 Å². The van der Waals surface area contributed by atoms with Crippen molar-refractivity contribution >= 4 is 31.8 Å². The Labute approximate surface area is 222 Å². The Hall–Kier alpha value is -3.77. The third-order valence-corrected chi connectivity index (χ3v) is 10.3. The van der Waals surface area contributed by atoms with Crippen molar-refractivity contribution in [1.82, 2.24) is 3.71 Å². The Morgan fingerprint density at radius 3 is 2.24 bits per heavy atom. The maximum Gasteiger partial charge on any atom is 0.349 e. The minimum absolute atomic E-state index is 0.0756. The molecule has 1 atom stereocenters. The van der Waals surface area contributed by atoms with E-state index in [4.69, 9.17) is 14.2 Å². The smallest absolute Gasteiger partial charge is 0.349 e. The Morgan fingerprint density at radius 1 is 0.921 bits per heavy atom. The second kappa shape index (κ2) is 10.5. The fourth-order valence-corrected chi connectivity index (χ4v) is 7.28. The minimum atomic E-state index is -4.40. The molecule has 0 saturated heterocycles. The molecule has 202 valence electrons. The van der Waals surface area contributed by atoms with Gasteiger partial charge in [-0.3, -0.25) is 0 Å². The predicted molar refractivity (Wildman–Crippen MR) is 144 cm³/mol. The third kappa shape index (κ3) is 5.01. The number of methoxy groups -OCH3 is 2. The van der Waals surface area contributed by atoms with Gasteiger partial charge in [0.15, 0.2) is 0 Å². The van der Waals surface area contributed by atoms with Gasteiger partial charge < -0.3 is 19.5 Å². The number of urea groups is 1. The van der Waals surface area contributed by atoms with Crippen LogP contribution in [0.5, 0.6) is 17.2 Å². The molecule has 3 aromatic rings. The highest BCUT2D eigenvalue weighted by Gasteiger charge is 2.37. The molecule has 0 spiro atoms. The standard InChI is InChI=1S/C26H28N2O8S2/c1-5-37(30,31)28(38(32,33)6-2)26(29)27-18-13-14-20-21(16-18)25(17-9-7-10-19(15-17)34-3)36-23-12-8-11-22(35-4)24(20)23/h7-16,25H,5-6H2,1-4H3,(H,27,29). The van der Waals surface area contributed by atoms with Crippen molar-refractivity contribution in [2.75, 3.05) is 31.0 Å². The Kier molecular flexibility index (Phi) is 7.56. The van der Waals surface area contributed by atoms with E-state index in [9.17, 15) is 21.6 Å². The molecule has 1 heterocycles. The Morgan fingerprint density at radius 2 is 1.61 bits per heavy atom. The van der Waals surface area contributed by atoms with E-state index in [1.807, 2.05) is 30.3 Å². The average Bonchev–Trinajstić information content (AvgIpc) is 2.91. The summed E-state index contributed by atoms with van der Waals surface area (Å²) in [6.45, 7) is 2.53. The number of ether oxygens (including phenoxy) is 3. The number of amides is 2. The van der Waals surface area contributed by atoms with Gasteiger partial charge in [-0.05, 0) is 55.8 Å². The van der Waals surface area contributed by atoms with Gasteiger partial charge in [-0.1, -0.05) is 24.3 Å². The van der Waals surface area contributed by atoms with E-state index in [0.29, 0.717) is 28.4 Å². The SMILES string of the molecule is CCS(=O)(=O)N(C(=O)Nc1ccc2c(c1)C(c1cccc(OC)c1)Oc1cccc(OC)c1-2)S(=O)(=O)CC. The van der Waals surface area contributed by atoms with Crippen LogP contribution in [0.1, 0.15) is 31.1 Å². The van der Waals surface area contributed by atoms with Crippen LogP contribution in [0.3, 0.4) is 0 Å². The summed E-state index contributed by atoms with van der Waals surface area (Å²) in [5, 5.41) is 2.44. The van der Waals surface area contributed by atoms with E-state index in [2.05, 4.69) is 5.32 Å². The number of anilines is 1. The largest absolute Gasteiger partial charge is 0.497 e. The molecule has 1 N–H and O–H groups in total. The van der Waals surface area contributed by atoms with Crippen molar-refractivity contribution in [3.8, 4) is 28.4 Å². The zero-order valence-corrected chi connectivity index (χ0v) is 22.9. The zero-order valence-electron chi connectivity index (χ0n) is 21.3. The Balaban J connectivity index is 1.83. The van der Waals surface area contributed by atoms with Gasteiger partial charge in [0.2, 0.25) is 0 Å². The lowest BCUT2D eigenvalue weighted by molar-refractivity contribution is 0.241. The van der Waals surface area contributed by atoms with Gasteiger partial charge in [-0.15, -0.1) is 3.71 Å². The molecule has 10 nitrogen and oxygen atoms in total. The second-order valence-electron chi connectivity index (χ2n) is 8.34. The van der Waals surface area contributed by atoms with Gasteiger partial charge in [-0.2, -0.15) is 0 Å². The molecule has 1 aliphatic heterocycles. The molecule has 0 fully saturated rings. The maximum absolute atomic E-state index is 13.0. The molecule has 0 saturated carbocycles. The minimum Gasteiger partial charge on any atom is -0.497 e. The highest BCUT2D eigenvalue weighted by Crippen LogP contribution is 2.49. The van der Waals surface area contributed by atoms with E-state index < -0.39 is 43.7 Å². The normalized spacial score (nSPS) is 14.5. The number of carbonyl (C=O) groups is 1. The first-order valence-corrected chi connectivity index (χ1v) is 15.0. The Bertz CT molecular complexity index is 1550. The lowest BCUT2D eigenvalue weighted by Gasteiger charge is -2.31. The fourth-order valence-electron chi connectivity index (χ4n) is 4.20. The van der Waals surface area contributed by atoms with Crippen LogP contribution in [-0.4, -0.2) is 52.3 Å². The van der Waals surface area contributed by atoms with E-state index >= 15 is 0 Å². The molecular weight excluding hydrogens is 532 g/mol. The summed E-state index contributed by atoms with van der Waals surface area (Å²) < 4.78 is 67.3. The molecule has 0 radical (unpaired) electrons. The summed E-state index contributed by atoms with van der Waals surface area (Å²) >= 11 is 0. The van der Waals surface area contributed by atoms with Crippen molar-refractivity contribution in [3.63, 3.8) is 0 Å². The van der Waals surface area contributed by atoms with Gasteiger partial charge in [0.05, 0.1) is 31.3 Å². The van der Waals surface area contributed by atoms with Crippen LogP contribution in [0.2, 0.25) is 0 Å². The van der Waals surface area contributed by atoms with Crippen LogP contribution in [0.4, 0.5) is 10.5 Å². The third-order valence-electron chi connectivity index (χ3n) is 6.10. The van der Waals surface area contributed by atoms with Crippen molar-refractivity contribution in [2.45, 2.75) is 20.0 Å². The molecule has 0 bridgehead atoms. The van der Waals surface area contributed by atoms with E-state index in [-0.39, 0.29) is 9.40 Å². The summed E-state index contributed by atoms with van der Waals surface area (Å²) in [6.07, 6.45) is -0.619. The second-order valence-corrected chi connectivity index (χ2v) is 12.8. The summed E-state index contributed by atoms with van der Waals surface area (Å²) in [5.74, 6) is 0.673. The van der Waals surface area contributed by atoms with Crippen LogP contribution in [0.25, 0.3) is 11.1 Å². The van der Waals surface area contributed by atoms with Crippen LogP contribution < -0.4 is 19.5 Å². The lowest BCUT2D eigenvalue weighted by atomic mass is 9.88. The molecule has 12 heteroatoms. The quantitative estimate of drug-likeness (QED) is 0.430. The topological polar surface area (TPSA) is 128 Å². The summed E-state index contributed by atoms with van der Waals surface area (Å²) in [6, 6.07) is 16.4. The number of nitrogens with zero attached hydrogens (tertiary/aromatic N) is 1. The van der Waals surface area contributed by atoms with E-state index in [1.54, 1.807) is 44.6 Å².